The monoisotopic (exact) mass is 394 g/mol. The molecular formula is C22H26N4O3. The van der Waals surface area contributed by atoms with Gasteiger partial charge in [-0.3, -0.25) is 4.79 Å². The van der Waals surface area contributed by atoms with Crippen LogP contribution in [-0.4, -0.2) is 34.4 Å². The Kier molecular flexibility index (Phi) is 6.49. The van der Waals surface area contributed by atoms with E-state index in [9.17, 15) is 4.79 Å². The van der Waals surface area contributed by atoms with E-state index in [2.05, 4.69) is 29.2 Å². The van der Waals surface area contributed by atoms with Gasteiger partial charge >= 0.3 is 0 Å². The molecule has 0 aliphatic rings. The van der Waals surface area contributed by atoms with Crippen molar-refractivity contribution >= 4 is 5.91 Å². The number of carbonyl (C=O) groups excluding carboxylic acids is 1. The SMILES string of the molecule is COc1cc(C(C)NC(=O)c2cccc(-n3cncn3)c2)ccc1OCC(C)C. The van der Waals surface area contributed by atoms with Crippen LogP contribution in [0.1, 0.15) is 42.7 Å². The molecule has 3 aromatic rings. The average molecular weight is 394 g/mol. The van der Waals surface area contributed by atoms with E-state index in [1.54, 1.807) is 30.3 Å². The first-order valence-electron chi connectivity index (χ1n) is 9.54. The normalized spacial score (nSPS) is 11.9. The van der Waals surface area contributed by atoms with Crippen LogP contribution in [0.25, 0.3) is 5.69 Å². The average Bonchev–Trinajstić information content (AvgIpc) is 3.27. The lowest BCUT2D eigenvalue weighted by Gasteiger charge is -2.18. The van der Waals surface area contributed by atoms with E-state index in [-0.39, 0.29) is 11.9 Å². The summed E-state index contributed by atoms with van der Waals surface area (Å²) in [5.74, 6) is 1.60. The molecule has 0 aliphatic carbocycles. The zero-order valence-corrected chi connectivity index (χ0v) is 17.1. The maximum absolute atomic E-state index is 12.7. The van der Waals surface area contributed by atoms with E-state index in [0.29, 0.717) is 29.6 Å². The number of carbonyl (C=O) groups is 1. The number of rotatable bonds is 8. The first-order chi connectivity index (χ1) is 14.0. The molecule has 1 N–H and O–H groups in total. The Labute approximate surface area is 170 Å². The van der Waals surface area contributed by atoms with Crippen LogP contribution in [0.15, 0.2) is 55.1 Å². The summed E-state index contributed by atoms with van der Waals surface area (Å²) in [6.07, 6.45) is 3.05. The highest BCUT2D eigenvalue weighted by molar-refractivity contribution is 5.95. The minimum absolute atomic E-state index is 0.168. The third kappa shape index (κ3) is 5.13. The van der Waals surface area contributed by atoms with Gasteiger partial charge in [-0.25, -0.2) is 9.67 Å². The van der Waals surface area contributed by atoms with Crippen LogP contribution in [0, 0.1) is 5.92 Å². The number of aromatic nitrogens is 3. The van der Waals surface area contributed by atoms with Crippen LogP contribution >= 0.6 is 0 Å². The summed E-state index contributed by atoms with van der Waals surface area (Å²) >= 11 is 0. The van der Waals surface area contributed by atoms with Gasteiger partial charge < -0.3 is 14.8 Å². The van der Waals surface area contributed by atoms with Gasteiger partial charge in [0.1, 0.15) is 12.7 Å². The quantitative estimate of drug-likeness (QED) is 0.629. The van der Waals surface area contributed by atoms with Gasteiger partial charge in [0, 0.05) is 5.56 Å². The van der Waals surface area contributed by atoms with Gasteiger partial charge in [0.2, 0.25) is 0 Å². The molecular weight excluding hydrogens is 368 g/mol. The third-order valence-electron chi connectivity index (χ3n) is 4.40. The highest BCUT2D eigenvalue weighted by atomic mass is 16.5. The van der Waals surface area contributed by atoms with Crippen LogP contribution in [0.3, 0.4) is 0 Å². The summed E-state index contributed by atoms with van der Waals surface area (Å²) in [7, 11) is 1.61. The maximum atomic E-state index is 12.7. The van der Waals surface area contributed by atoms with Gasteiger partial charge in [0.05, 0.1) is 25.4 Å². The highest BCUT2D eigenvalue weighted by Gasteiger charge is 2.15. The van der Waals surface area contributed by atoms with Gasteiger partial charge in [-0.05, 0) is 48.7 Å². The number of benzene rings is 2. The zero-order valence-electron chi connectivity index (χ0n) is 17.1. The van der Waals surface area contributed by atoms with Gasteiger partial charge in [-0.15, -0.1) is 0 Å². The van der Waals surface area contributed by atoms with Gasteiger partial charge in [-0.2, -0.15) is 5.10 Å². The topological polar surface area (TPSA) is 78.3 Å². The predicted octanol–water partition coefficient (Wildman–Crippen LogP) is 3.80. The number of nitrogens with zero attached hydrogens (tertiary/aromatic N) is 3. The lowest BCUT2D eigenvalue weighted by atomic mass is 10.1. The van der Waals surface area contributed by atoms with Crippen molar-refractivity contribution in [1.82, 2.24) is 20.1 Å². The Morgan fingerprint density at radius 1 is 1.14 bits per heavy atom. The van der Waals surface area contributed by atoms with E-state index in [1.807, 2.05) is 37.3 Å². The number of ether oxygens (including phenoxy) is 2. The van der Waals surface area contributed by atoms with Crippen LogP contribution in [0.5, 0.6) is 11.5 Å². The molecule has 1 aromatic heterocycles. The number of methoxy groups -OCH3 is 1. The Morgan fingerprint density at radius 2 is 1.97 bits per heavy atom. The smallest absolute Gasteiger partial charge is 0.251 e. The van der Waals surface area contributed by atoms with E-state index < -0.39 is 0 Å². The molecule has 2 aromatic carbocycles. The third-order valence-corrected chi connectivity index (χ3v) is 4.40. The predicted molar refractivity (Wildman–Crippen MR) is 111 cm³/mol. The fourth-order valence-electron chi connectivity index (χ4n) is 2.82. The summed E-state index contributed by atoms with van der Waals surface area (Å²) in [6, 6.07) is 12.7. The molecule has 1 unspecified atom stereocenters. The van der Waals surface area contributed by atoms with E-state index in [0.717, 1.165) is 11.3 Å². The maximum Gasteiger partial charge on any atom is 0.251 e. The van der Waals surface area contributed by atoms with Crippen molar-refractivity contribution < 1.29 is 14.3 Å². The summed E-state index contributed by atoms with van der Waals surface area (Å²) in [4.78, 5) is 16.7. The van der Waals surface area contributed by atoms with Crippen molar-refractivity contribution in [3.63, 3.8) is 0 Å². The molecule has 0 aliphatic heterocycles. The van der Waals surface area contributed by atoms with Crippen LogP contribution < -0.4 is 14.8 Å². The molecule has 0 fully saturated rings. The Morgan fingerprint density at radius 3 is 2.66 bits per heavy atom. The minimum atomic E-state index is -0.203. The van der Waals surface area contributed by atoms with Crippen molar-refractivity contribution in [1.29, 1.82) is 0 Å². The Balaban J connectivity index is 1.72. The number of hydrogen-bond donors (Lipinski definition) is 1. The molecule has 7 nitrogen and oxygen atoms in total. The Bertz CT molecular complexity index is 954. The fraction of sp³-hybridized carbons (Fsp3) is 0.318. The second kappa shape index (κ2) is 9.23. The number of hydrogen-bond acceptors (Lipinski definition) is 5. The van der Waals surface area contributed by atoms with Crippen molar-refractivity contribution in [3.05, 3.63) is 66.2 Å². The van der Waals surface area contributed by atoms with Crippen LogP contribution in [0.4, 0.5) is 0 Å². The molecule has 3 rings (SSSR count). The highest BCUT2D eigenvalue weighted by Crippen LogP contribution is 2.30. The first kappa shape index (κ1) is 20.4. The van der Waals surface area contributed by atoms with Crippen molar-refractivity contribution in [2.24, 2.45) is 5.92 Å². The van der Waals surface area contributed by atoms with Crippen molar-refractivity contribution in [2.75, 3.05) is 13.7 Å². The van der Waals surface area contributed by atoms with E-state index >= 15 is 0 Å². The minimum Gasteiger partial charge on any atom is -0.493 e. The molecule has 0 saturated carbocycles. The molecule has 1 heterocycles. The molecule has 7 heteroatoms. The molecule has 0 spiro atoms. The van der Waals surface area contributed by atoms with Gasteiger partial charge in [-0.1, -0.05) is 26.0 Å². The van der Waals surface area contributed by atoms with Crippen LogP contribution in [-0.2, 0) is 0 Å². The molecule has 0 bridgehead atoms. The molecule has 1 atom stereocenters. The lowest BCUT2D eigenvalue weighted by Crippen LogP contribution is -2.26. The van der Waals surface area contributed by atoms with Gasteiger partial charge in [0.15, 0.2) is 11.5 Å². The summed E-state index contributed by atoms with van der Waals surface area (Å²) in [6.45, 7) is 6.74. The zero-order chi connectivity index (χ0) is 20.8. The first-order valence-corrected chi connectivity index (χ1v) is 9.54. The summed E-state index contributed by atoms with van der Waals surface area (Å²) in [5.41, 5.74) is 2.25. The second-order valence-electron chi connectivity index (χ2n) is 7.20. The van der Waals surface area contributed by atoms with E-state index in [1.165, 1.54) is 6.33 Å². The molecule has 0 radical (unpaired) electrons. The molecule has 152 valence electrons. The molecule has 29 heavy (non-hydrogen) atoms. The largest absolute Gasteiger partial charge is 0.493 e. The van der Waals surface area contributed by atoms with Crippen LogP contribution in [0.2, 0.25) is 0 Å². The number of nitrogens with one attached hydrogen (secondary N) is 1. The fourth-order valence-corrected chi connectivity index (χ4v) is 2.82. The molecule has 0 saturated heterocycles. The lowest BCUT2D eigenvalue weighted by molar-refractivity contribution is 0.0939. The second-order valence-corrected chi connectivity index (χ2v) is 7.20. The summed E-state index contributed by atoms with van der Waals surface area (Å²) in [5, 5.41) is 7.12. The standard InChI is InChI=1S/C22H26N4O3/c1-15(2)12-29-20-9-8-17(11-21(20)28-4)16(3)25-22(27)18-6-5-7-19(10-18)26-14-23-13-24-26/h5-11,13-16H,12H2,1-4H3,(H,25,27). The Hall–Kier alpha value is -3.35. The summed E-state index contributed by atoms with van der Waals surface area (Å²) < 4.78 is 12.9. The van der Waals surface area contributed by atoms with Gasteiger partial charge in [0.25, 0.3) is 5.91 Å². The van der Waals surface area contributed by atoms with E-state index in [4.69, 9.17) is 9.47 Å². The molecule has 1 amide bonds. The van der Waals surface area contributed by atoms with Crippen molar-refractivity contribution in [3.8, 4) is 17.2 Å². The number of amides is 1. The van der Waals surface area contributed by atoms with Crippen molar-refractivity contribution in [2.45, 2.75) is 26.8 Å².